The summed E-state index contributed by atoms with van der Waals surface area (Å²) < 4.78 is 0. The highest BCUT2D eigenvalue weighted by Crippen LogP contribution is 2.27. The zero-order valence-electron chi connectivity index (χ0n) is 9.52. The van der Waals surface area contributed by atoms with Gasteiger partial charge in [0.2, 0.25) is 0 Å². The van der Waals surface area contributed by atoms with Gasteiger partial charge >= 0.3 is 0 Å². The maximum Gasteiger partial charge on any atom is 0.254 e. The van der Waals surface area contributed by atoms with Crippen LogP contribution < -0.4 is 0 Å². The Bertz CT molecular complexity index is 387. The van der Waals surface area contributed by atoms with Crippen molar-refractivity contribution in [2.24, 2.45) is 5.92 Å². The highest BCUT2D eigenvalue weighted by Gasteiger charge is 2.22. The lowest BCUT2D eigenvalue weighted by atomic mass is 9.85. The van der Waals surface area contributed by atoms with E-state index in [0.29, 0.717) is 11.5 Å². The van der Waals surface area contributed by atoms with Gasteiger partial charge in [0.1, 0.15) is 0 Å². The molecular formula is C13H17NOS. The average Bonchev–Trinajstić information content (AvgIpc) is 2.23. The molecule has 1 aromatic rings. The number of nitrogens with zero attached hydrogens (tertiary/aromatic N) is 1. The maximum absolute atomic E-state index is 12.1. The number of hydrogen-bond donors (Lipinski definition) is 1. The maximum atomic E-state index is 12.1. The number of amides is 1. The van der Waals surface area contributed by atoms with E-state index in [9.17, 15) is 4.79 Å². The van der Waals surface area contributed by atoms with Gasteiger partial charge in [0.15, 0.2) is 0 Å². The lowest BCUT2D eigenvalue weighted by molar-refractivity contribution is 0.0742. The van der Waals surface area contributed by atoms with Crippen LogP contribution in [0.15, 0.2) is 29.2 Å². The molecule has 1 aliphatic rings. The molecular weight excluding hydrogens is 218 g/mol. The number of hydrogen-bond acceptors (Lipinski definition) is 2. The van der Waals surface area contributed by atoms with Crippen LogP contribution in [0.3, 0.4) is 0 Å². The third-order valence-electron chi connectivity index (χ3n) is 3.24. The van der Waals surface area contributed by atoms with Crippen LogP contribution in [-0.2, 0) is 0 Å². The van der Waals surface area contributed by atoms with Gasteiger partial charge in [-0.15, -0.1) is 12.6 Å². The molecule has 2 rings (SSSR count). The molecule has 0 aromatic heterocycles. The Morgan fingerprint density at radius 2 is 2.12 bits per heavy atom. The first kappa shape index (κ1) is 11.5. The molecule has 0 bridgehead atoms. The van der Waals surface area contributed by atoms with Crippen LogP contribution in [0.2, 0.25) is 0 Å². The van der Waals surface area contributed by atoms with Crippen LogP contribution in [0, 0.1) is 5.92 Å². The van der Waals surface area contributed by atoms with Crippen LogP contribution in [0.4, 0.5) is 0 Å². The van der Waals surface area contributed by atoms with E-state index in [1.165, 1.54) is 19.3 Å². The molecule has 16 heavy (non-hydrogen) atoms. The Morgan fingerprint density at radius 3 is 2.69 bits per heavy atom. The zero-order chi connectivity index (χ0) is 11.5. The highest BCUT2D eigenvalue weighted by molar-refractivity contribution is 7.80. The number of thiol groups is 1. The Morgan fingerprint density at radius 1 is 1.44 bits per heavy atom. The number of carbonyl (C=O) groups is 1. The minimum Gasteiger partial charge on any atom is -0.341 e. The monoisotopic (exact) mass is 235 g/mol. The summed E-state index contributed by atoms with van der Waals surface area (Å²) in [7, 11) is 1.88. The zero-order valence-corrected chi connectivity index (χ0v) is 10.4. The highest BCUT2D eigenvalue weighted by atomic mass is 32.1. The molecule has 1 fully saturated rings. The van der Waals surface area contributed by atoms with Gasteiger partial charge in [0.25, 0.3) is 5.91 Å². The molecule has 0 N–H and O–H groups in total. The molecule has 1 aliphatic carbocycles. The first-order valence-corrected chi connectivity index (χ1v) is 6.16. The van der Waals surface area contributed by atoms with Gasteiger partial charge in [-0.1, -0.05) is 18.6 Å². The van der Waals surface area contributed by atoms with Crippen LogP contribution in [0.1, 0.15) is 29.6 Å². The van der Waals surface area contributed by atoms with Crippen molar-refractivity contribution < 1.29 is 4.79 Å². The Labute approximate surface area is 102 Å². The first-order chi connectivity index (χ1) is 7.68. The molecule has 3 heteroatoms. The summed E-state index contributed by atoms with van der Waals surface area (Å²) in [4.78, 5) is 14.7. The molecule has 1 saturated carbocycles. The van der Waals surface area contributed by atoms with Gasteiger partial charge in [-0.05, 0) is 30.9 Å². The van der Waals surface area contributed by atoms with Crippen molar-refractivity contribution in [2.75, 3.05) is 13.6 Å². The minimum atomic E-state index is 0.0810. The molecule has 0 atom stereocenters. The van der Waals surface area contributed by atoms with Crippen molar-refractivity contribution in [1.82, 2.24) is 4.90 Å². The fourth-order valence-electron chi connectivity index (χ4n) is 2.01. The third kappa shape index (κ3) is 2.40. The lowest BCUT2D eigenvalue weighted by Gasteiger charge is -2.30. The SMILES string of the molecule is CN(CC1CCC1)C(=O)c1ccccc1S. The van der Waals surface area contributed by atoms with Gasteiger partial charge in [0, 0.05) is 18.5 Å². The van der Waals surface area contributed by atoms with Crippen molar-refractivity contribution in [3.8, 4) is 0 Å². The van der Waals surface area contributed by atoms with E-state index in [1.54, 1.807) is 0 Å². The number of carbonyl (C=O) groups excluding carboxylic acids is 1. The summed E-state index contributed by atoms with van der Waals surface area (Å²) in [5.74, 6) is 0.790. The molecule has 0 saturated heterocycles. The van der Waals surface area contributed by atoms with E-state index >= 15 is 0 Å². The van der Waals surface area contributed by atoms with E-state index in [2.05, 4.69) is 12.6 Å². The topological polar surface area (TPSA) is 20.3 Å². The summed E-state index contributed by atoms with van der Waals surface area (Å²) in [6.07, 6.45) is 3.84. The molecule has 2 nitrogen and oxygen atoms in total. The molecule has 86 valence electrons. The van der Waals surface area contributed by atoms with Crippen molar-refractivity contribution >= 4 is 18.5 Å². The molecule has 0 unspecified atom stereocenters. The van der Waals surface area contributed by atoms with Crippen LogP contribution >= 0.6 is 12.6 Å². The van der Waals surface area contributed by atoms with Crippen molar-refractivity contribution in [1.29, 1.82) is 0 Å². The van der Waals surface area contributed by atoms with Crippen LogP contribution in [-0.4, -0.2) is 24.4 Å². The van der Waals surface area contributed by atoms with Crippen molar-refractivity contribution in [3.63, 3.8) is 0 Å². The number of benzene rings is 1. The summed E-state index contributed by atoms with van der Waals surface area (Å²) in [6, 6.07) is 7.46. The second-order valence-corrected chi connectivity index (χ2v) is 4.98. The fraction of sp³-hybridized carbons (Fsp3) is 0.462. The molecule has 0 spiro atoms. The second-order valence-electron chi connectivity index (χ2n) is 4.50. The van der Waals surface area contributed by atoms with Gasteiger partial charge in [-0.3, -0.25) is 4.79 Å². The molecule has 0 aliphatic heterocycles. The minimum absolute atomic E-state index is 0.0810. The Hall–Kier alpha value is -0.960. The van der Waals surface area contributed by atoms with Crippen LogP contribution in [0.5, 0.6) is 0 Å². The fourth-order valence-corrected chi connectivity index (χ4v) is 2.26. The molecule has 0 heterocycles. The predicted molar refractivity (Wildman–Crippen MR) is 68.0 cm³/mol. The van der Waals surface area contributed by atoms with Crippen molar-refractivity contribution in [2.45, 2.75) is 24.2 Å². The first-order valence-electron chi connectivity index (χ1n) is 5.72. The summed E-state index contributed by atoms with van der Waals surface area (Å²) in [5.41, 5.74) is 0.702. The summed E-state index contributed by atoms with van der Waals surface area (Å²) in [6.45, 7) is 0.876. The van der Waals surface area contributed by atoms with E-state index in [1.807, 2.05) is 36.2 Å². The van der Waals surface area contributed by atoms with E-state index in [4.69, 9.17) is 0 Å². The van der Waals surface area contributed by atoms with Gasteiger partial charge < -0.3 is 4.90 Å². The standard InChI is InChI=1S/C13H17NOS/c1-14(9-10-5-4-6-10)13(15)11-7-2-3-8-12(11)16/h2-3,7-8,10,16H,4-6,9H2,1H3. The third-order valence-corrected chi connectivity index (χ3v) is 3.63. The molecule has 1 aromatic carbocycles. The smallest absolute Gasteiger partial charge is 0.254 e. The largest absolute Gasteiger partial charge is 0.341 e. The van der Waals surface area contributed by atoms with Gasteiger partial charge in [0.05, 0.1) is 5.56 Å². The summed E-state index contributed by atoms with van der Waals surface area (Å²) >= 11 is 4.31. The van der Waals surface area contributed by atoms with E-state index in [-0.39, 0.29) is 5.91 Å². The summed E-state index contributed by atoms with van der Waals surface area (Å²) in [5, 5.41) is 0. The van der Waals surface area contributed by atoms with E-state index < -0.39 is 0 Å². The average molecular weight is 235 g/mol. The predicted octanol–water partition coefficient (Wildman–Crippen LogP) is 2.85. The van der Waals surface area contributed by atoms with Gasteiger partial charge in [-0.25, -0.2) is 0 Å². The lowest BCUT2D eigenvalue weighted by Crippen LogP contribution is -2.34. The Kier molecular flexibility index (Phi) is 3.54. The van der Waals surface area contributed by atoms with Crippen molar-refractivity contribution in [3.05, 3.63) is 29.8 Å². The quantitative estimate of drug-likeness (QED) is 0.799. The Balaban J connectivity index is 2.03. The second kappa shape index (κ2) is 4.91. The van der Waals surface area contributed by atoms with E-state index in [0.717, 1.165) is 11.4 Å². The van der Waals surface area contributed by atoms with Crippen LogP contribution in [0.25, 0.3) is 0 Å². The number of rotatable bonds is 3. The molecule has 1 amide bonds. The normalized spacial score (nSPS) is 15.6. The molecule has 0 radical (unpaired) electrons. The van der Waals surface area contributed by atoms with Gasteiger partial charge in [-0.2, -0.15) is 0 Å².